The number of nitrogens with zero attached hydrogens (tertiary/aromatic N) is 4. The van der Waals surface area contributed by atoms with Crippen molar-refractivity contribution in [3.8, 4) is 11.5 Å². The van der Waals surface area contributed by atoms with E-state index in [9.17, 15) is 19.1 Å². The van der Waals surface area contributed by atoms with Crippen LogP contribution in [0.2, 0.25) is 0 Å². The highest BCUT2D eigenvalue weighted by atomic mass is 19.1. The molecule has 3 rings (SSSR count). The van der Waals surface area contributed by atoms with Crippen molar-refractivity contribution in [2.24, 2.45) is 5.73 Å². The number of aliphatic hydroxyl groups is 2. The average molecular weight is 351 g/mol. The van der Waals surface area contributed by atoms with E-state index < -0.39 is 42.8 Å². The van der Waals surface area contributed by atoms with Crippen LogP contribution >= 0.6 is 0 Å². The fourth-order valence-corrected chi connectivity index (χ4v) is 2.43. The quantitative estimate of drug-likeness (QED) is 0.594. The third kappa shape index (κ3) is 3.12. The highest BCUT2D eigenvalue weighted by Gasteiger charge is 2.45. The third-order valence-corrected chi connectivity index (χ3v) is 3.72. The van der Waals surface area contributed by atoms with Crippen molar-refractivity contribution in [2.75, 3.05) is 6.61 Å². The van der Waals surface area contributed by atoms with Crippen LogP contribution in [0.15, 0.2) is 29.3 Å². The Kier molecular flexibility index (Phi) is 4.53. The molecule has 2 aromatic heterocycles. The van der Waals surface area contributed by atoms with E-state index >= 15 is 0 Å². The van der Waals surface area contributed by atoms with Gasteiger partial charge in [-0.2, -0.15) is 4.98 Å². The minimum Gasteiger partial charge on any atom is -0.394 e. The lowest BCUT2D eigenvalue weighted by molar-refractivity contribution is -0.0491. The van der Waals surface area contributed by atoms with Crippen LogP contribution in [0.3, 0.4) is 0 Å². The first-order valence-corrected chi connectivity index (χ1v) is 7.23. The number of hydrogen-bond acceptors (Lipinski definition) is 8. The number of carbonyl (C=O) groups excluding carboxylic acids is 1. The van der Waals surface area contributed by atoms with Crippen molar-refractivity contribution in [1.82, 2.24) is 19.5 Å². The number of carbonyl (C=O) groups is 1. The first kappa shape index (κ1) is 17.1. The van der Waals surface area contributed by atoms with Gasteiger partial charge < -0.3 is 20.7 Å². The average Bonchev–Trinajstić information content (AvgIpc) is 2.90. The highest BCUT2D eigenvalue weighted by Crippen LogP contribution is 2.30. The van der Waals surface area contributed by atoms with Crippen LogP contribution in [-0.2, 0) is 4.74 Å². The van der Waals surface area contributed by atoms with Crippen LogP contribution in [-0.4, -0.2) is 60.6 Å². The molecule has 4 N–H and O–H groups in total. The fraction of sp³-hybridized carbons (Fsp3) is 0.357. The lowest BCUT2D eigenvalue weighted by atomic mass is 10.1. The Balaban J connectivity index is 1.93. The van der Waals surface area contributed by atoms with Crippen molar-refractivity contribution < 1.29 is 24.1 Å². The predicted octanol–water partition coefficient (Wildman–Crippen LogP) is -1.61. The molecule has 0 unspecified atom stereocenters. The highest BCUT2D eigenvalue weighted by molar-refractivity contribution is 5.90. The second-order valence-corrected chi connectivity index (χ2v) is 5.32. The zero-order chi connectivity index (χ0) is 18.1. The molecule has 1 amide bonds. The summed E-state index contributed by atoms with van der Waals surface area (Å²) < 4.78 is 20.1. The predicted molar refractivity (Wildman–Crippen MR) is 79.9 cm³/mol. The molecule has 0 bridgehead atoms. The Morgan fingerprint density at radius 2 is 2.16 bits per heavy atom. The smallest absolute Gasteiger partial charge is 0.350 e. The summed E-state index contributed by atoms with van der Waals surface area (Å²) in [5.41, 5.74) is 4.27. The fourth-order valence-electron chi connectivity index (χ4n) is 2.43. The number of primary amides is 1. The molecule has 0 aromatic carbocycles. The Morgan fingerprint density at radius 1 is 1.40 bits per heavy atom. The van der Waals surface area contributed by atoms with Crippen LogP contribution in [0.5, 0.6) is 0 Å². The Morgan fingerprint density at radius 3 is 2.76 bits per heavy atom. The number of aliphatic hydroxyl groups excluding tert-OH is 2. The van der Waals surface area contributed by atoms with Crippen molar-refractivity contribution >= 4 is 5.91 Å². The minimum atomic E-state index is -1.91. The van der Waals surface area contributed by atoms with Crippen molar-refractivity contribution in [1.29, 1.82) is 0 Å². The van der Waals surface area contributed by atoms with Crippen molar-refractivity contribution in [2.45, 2.75) is 24.6 Å². The zero-order valence-electron chi connectivity index (χ0n) is 12.7. The van der Waals surface area contributed by atoms with Crippen LogP contribution in [0.25, 0.3) is 11.5 Å². The molecular weight excluding hydrogens is 337 g/mol. The first-order chi connectivity index (χ1) is 11.9. The van der Waals surface area contributed by atoms with Gasteiger partial charge in [0.05, 0.1) is 6.61 Å². The van der Waals surface area contributed by atoms with E-state index in [0.717, 1.165) is 4.57 Å². The van der Waals surface area contributed by atoms with Gasteiger partial charge in [-0.15, -0.1) is 0 Å². The summed E-state index contributed by atoms with van der Waals surface area (Å²) in [4.78, 5) is 34.9. The van der Waals surface area contributed by atoms with E-state index in [0.29, 0.717) is 0 Å². The van der Waals surface area contributed by atoms with Gasteiger partial charge in [-0.05, 0) is 12.1 Å². The minimum absolute atomic E-state index is 0.00189. The van der Waals surface area contributed by atoms with E-state index in [1.807, 2.05) is 0 Å². The number of amides is 1. The SMILES string of the molecule is NC(=O)c1ccnc(-c2ccn([C@H]3O[C@H](CO)[C@@H](O)[C@H]3F)c(=O)n2)n1. The zero-order valence-corrected chi connectivity index (χ0v) is 12.7. The molecule has 4 atom stereocenters. The summed E-state index contributed by atoms with van der Waals surface area (Å²) >= 11 is 0. The standard InChI is InChI=1S/C14H14FN5O5/c15-9-10(22)8(5-21)25-13(9)20-4-2-7(19-14(20)24)12-17-3-1-6(18-12)11(16)23/h1-4,8-10,13,21-22H,5H2,(H2,16,23)/t8-,9-,10-,13+/m1/s1. The molecule has 11 heteroatoms. The van der Waals surface area contributed by atoms with Crippen LogP contribution in [0, 0.1) is 0 Å². The summed E-state index contributed by atoms with van der Waals surface area (Å²) in [6, 6.07) is 2.64. The Hall–Kier alpha value is -2.76. The van der Waals surface area contributed by atoms with E-state index in [-0.39, 0.29) is 17.2 Å². The molecule has 10 nitrogen and oxygen atoms in total. The maximum atomic E-state index is 14.1. The first-order valence-electron chi connectivity index (χ1n) is 7.23. The van der Waals surface area contributed by atoms with Gasteiger partial charge >= 0.3 is 5.69 Å². The Labute approximate surface area is 139 Å². The van der Waals surface area contributed by atoms with E-state index in [1.54, 1.807) is 0 Å². The second-order valence-electron chi connectivity index (χ2n) is 5.32. The number of alkyl halides is 1. The number of halogens is 1. The molecule has 3 heterocycles. The lowest BCUT2D eigenvalue weighted by Gasteiger charge is -2.15. The lowest BCUT2D eigenvalue weighted by Crippen LogP contribution is -2.33. The molecule has 1 aliphatic heterocycles. The molecule has 132 valence electrons. The molecule has 0 spiro atoms. The van der Waals surface area contributed by atoms with Gasteiger partial charge in [0, 0.05) is 12.4 Å². The summed E-state index contributed by atoms with van der Waals surface area (Å²) in [7, 11) is 0. The van der Waals surface area contributed by atoms with Gasteiger partial charge in [0.1, 0.15) is 23.6 Å². The molecule has 1 fully saturated rings. The molecule has 2 aromatic rings. The Bertz CT molecular complexity index is 860. The summed E-state index contributed by atoms with van der Waals surface area (Å²) in [5, 5.41) is 18.7. The topological polar surface area (TPSA) is 153 Å². The van der Waals surface area contributed by atoms with Gasteiger partial charge in [0.25, 0.3) is 5.91 Å². The van der Waals surface area contributed by atoms with Gasteiger partial charge in [0.2, 0.25) is 0 Å². The van der Waals surface area contributed by atoms with Crippen LogP contribution < -0.4 is 11.4 Å². The van der Waals surface area contributed by atoms with E-state index in [1.165, 1.54) is 24.5 Å². The number of ether oxygens (including phenoxy) is 1. The summed E-state index contributed by atoms with van der Waals surface area (Å²) in [5.74, 6) is -0.765. The van der Waals surface area contributed by atoms with Crippen LogP contribution in [0.1, 0.15) is 16.7 Å². The maximum absolute atomic E-state index is 14.1. The number of aromatic nitrogens is 4. The van der Waals surface area contributed by atoms with E-state index in [2.05, 4.69) is 15.0 Å². The maximum Gasteiger partial charge on any atom is 0.350 e. The summed E-state index contributed by atoms with van der Waals surface area (Å²) in [6.45, 7) is -0.591. The monoisotopic (exact) mass is 351 g/mol. The largest absolute Gasteiger partial charge is 0.394 e. The van der Waals surface area contributed by atoms with Gasteiger partial charge in [0.15, 0.2) is 18.2 Å². The molecule has 0 aliphatic carbocycles. The number of rotatable bonds is 4. The molecule has 0 radical (unpaired) electrons. The van der Waals surface area contributed by atoms with Gasteiger partial charge in [-0.1, -0.05) is 0 Å². The molecular formula is C14H14FN5O5. The second kappa shape index (κ2) is 6.63. The van der Waals surface area contributed by atoms with E-state index in [4.69, 9.17) is 15.6 Å². The number of nitrogens with two attached hydrogens (primary N) is 1. The van der Waals surface area contributed by atoms with Crippen molar-refractivity contribution in [3.05, 3.63) is 40.7 Å². The van der Waals surface area contributed by atoms with Gasteiger partial charge in [-0.25, -0.2) is 19.2 Å². The molecule has 0 saturated carbocycles. The number of hydrogen-bond donors (Lipinski definition) is 3. The molecule has 1 saturated heterocycles. The molecule has 1 aliphatic rings. The van der Waals surface area contributed by atoms with Crippen molar-refractivity contribution in [3.63, 3.8) is 0 Å². The normalized spacial score (nSPS) is 25.9. The van der Waals surface area contributed by atoms with Crippen LogP contribution in [0.4, 0.5) is 4.39 Å². The van der Waals surface area contributed by atoms with Gasteiger partial charge in [-0.3, -0.25) is 9.36 Å². The summed E-state index contributed by atoms with van der Waals surface area (Å²) in [6.07, 6.45) is -3.53. The third-order valence-electron chi connectivity index (χ3n) is 3.72. The molecule has 25 heavy (non-hydrogen) atoms.